The first-order valence-electron chi connectivity index (χ1n) is 7.25. The second kappa shape index (κ2) is 7.20. The number of aryl methyl sites for hydroxylation is 2. The summed E-state index contributed by atoms with van der Waals surface area (Å²) in [5.41, 5.74) is 1.68. The molecule has 0 heterocycles. The first kappa shape index (κ1) is 18.2. The summed E-state index contributed by atoms with van der Waals surface area (Å²) >= 11 is 0. The fraction of sp³-hybridized carbons (Fsp3) is 0.222. The van der Waals surface area contributed by atoms with Gasteiger partial charge < -0.3 is 0 Å². The van der Waals surface area contributed by atoms with E-state index < -0.39 is 31.2 Å². The molecule has 0 fully saturated rings. The van der Waals surface area contributed by atoms with Gasteiger partial charge in [0, 0.05) is 0 Å². The van der Waals surface area contributed by atoms with Crippen LogP contribution in [-0.4, -0.2) is 28.3 Å². The molecule has 0 aliphatic heterocycles. The molecule has 2 aromatic rings. The summed E-state index contributed by atoms with van der Waals surface area (Å²) < 4.78 is 48.7. The predicted octanol–water partition coefficient (Wildman–Crippen LogP) is 2.55. The van der Waals surface area contributed by atoms with Gasteiger partial charge in [-0.15, -0.1) is 0 Å². The summed E-state index contributed by atoms with van der Waals surface area (Å²) in [5.74, 6) is 4.13. The Kier molecular flexibility index (Phi) is 5.47. The normalized spacial score (nSPS) is 11.6. The molecule has 0 N–H and O–H groups in total. The van der Waals surface area contributed by atoms with Crippen molar-refractivity contribution in [3.05, 3.63) is 59.7 Å². The smallest absolute Gasteiger partial charge is 0.189 e. The van der Waals surface area contributed by atoms with Crippen molar-refractivity contribution in [1.82, 2.24) is 0 Å². The van der Waals surface area contributed by atoms with Crippen molar-refractivity contribution in [2.75, 3.05) is 11.5 Å². The van der Waals surface area contributed by atoms with E-state index in [-0.39, 0.29) is 9.79 Å². The molecule has 0 amide bonds. The lowest BCUT2D eigenvalue weighted by Gasteiger charge is -2.02. The Labute approximate surface area is 143 Å². The van der Waals surface area contributed by atoms with Gasteiger partial charge in [-0.2, -0.15) is 0 Å². The molecule has 6 heteroatoms. The molecule has 0 spiro atoms. The lowest BCUT2D eigenvalue weighted by atomic mass is 10.2. The average Bonchev–Trinajstić information content (AvgIpc) is 2.52. The Hall–Kier alpha value is -2.10. The Balaban J connectivity index is 2.11. The second-order valence-electron chi connectivity index (χ2n) is 5.50. The second-order valence-corrected chi connectivity index (χ2v) is 9.48. The van der Waals surface area contributed by atoms with E-state index in [1.807, 2.05) is 0 Å². The third-order valence-corrected chi connectivity index (χ3v) is 6.34. The monoisotopic (exact) mass is 362 g/mol. The van der Waals surface area contributed by atoms with E-state index >= 15 is 0 Å². The maximum absolute atomic E-state index is 12.2. The van der Waals surface area contributed by atoms with Crippen LogP contribution in [0.2, 0.25) is 0 Å². The zero-order valence-electron chi connectivity index (χ0n) is 13.5. The number of hydrogen-bond acceptors (Lipinski definition) is 4. The van der Waals surface area contributed by atoms with Gasteiger partial charge in [0.05, 0.1) is 9.79 Å². The van der Waals surface area contributed by atoms with E-state index in [0.717, 1.165) is 11.1 Å². The van der Waals surface area contributed by atoms with Crippen molar-refractivity contribution in [2.45, 2.75) is 23.6 Å². The van der Waals surface area contributed by atoms with E-state index in [0.29, 0.717) is 0 Å². The number of benzene rings is 2. The molecule has 0 saturated heterocycles. The maximum atomic E-state index is 12.2. The lowest BCUT2D eigenvalue weighted by Crippen LogP contribution is -2.07. The summed E-state index contributed by atoms with van der Waals surface area (Å²) in [6, 6.07) is 13.1. The molecule has 4 nitrogen and oxygen atoms in total. The Morgan fingerprint density at radius 1 is 0.708 bits per heavy atom. The molecule has 126 valence electrons. The Bertz CT molecular complexity index is 927. The van der Waals surface area contributed by atoms with Gasteiger partial charge in [-0.05, 0) is 49.2 Å². The van der Waals surface area contributed by atoms with Crippen LogP contribution >= 0.6 is 0 Å². The van der Waals surface area contributed by atoms with E-state index in [2.05, 4.69) is 11.8 Å². The van der Waals surface area contributed by atoms with Crippen molar-refractivity contribution in [2.24, 2.45) is 0 Å². The topological polar surface area (TPSA) is 68.3 Å². The first-order valence-corrected chi connectivity index (χ1v) is 10.6. The fourth-order valence-corrected chi connectivity index (χ4v) is 4.30. The van der Waals surface area contributed by atoms with Gasteiger partial charge in [-0.1, -0.05) is 36.1 Å². The van der Waals surface area contributed by atoms with E-state index in [4.69, 9.17) is 0 Å². The van der Waals surface area contributed by atoms with Gasteiger partial charge in [0.15, 0.2) is 19.7 Å². The molecule has 2 rings (SSSR count). The zero-order valence-corrected chi connectivity index (χ0v) is 15.1. The molecule has 24 heavy (non-hydrogen) atoms. The van der Waals surface area contributed by atoms with Crippen molar-refractivity contribution in [3.63, 3.8) is 0 Å². The predicted molar refractivity (Wildman–Crippen MR) is 94.2 cm³/mol. The van der Waals surface area contributed by atoms with Gasteiger partial charge in [0.25, 0.3) is 0 Å². The van der Waals surface area contributed by atoms with Gasteiger partial charge in [0.1, 0.15) is 11.5 Å². The SMILES string of the molecule is Cc1cccc(S(=O)(=O)CC#CCS(=O)(=O)c2cccc(C)c2)c1. The minimum absolute atomic E-state index is 0.193. The third-order valence-electron chi connectivity index (χ3n) is 3.35. The molecule has 0 unspecified atom stereocenters. The zero-order chi connectivity index (χ0) is 17.8. The van der Waals surface area contributed by atoms with Gasteiger partial charge in [0.2, 0.25) is 0 Å². The summed E-state index contributed by atoms with van der Waals surface area (Å²) in [6.45, 7) is 3.61. The molecule has 0 saturated carbocycles. The lowest BCUT2D eigenvalue weighted by molar-refractivity contribution is 0.597. The minimum atomic E-state index is -3.54. The Morgan fingerprint density at radius 3 is 1.42 bits per heavy atom. The van der Waals surface area contributed by atoms with Crippen molar-refractivity contribution < 1.29 is 16.8 Å². The van der Waals surface area contributed by atoms with Crippen LogP contribution in [0.25, 0.3) is 0 Å². The summed E-state index contributed by atoms with van der Waals surface area (Å²) in [6.07, 6.45) is 0. The van der Waals surface area contributed by atoms with Crippen LogP contribution in [0.1, 0.15) is 11.1 Å². The summed E-state index contributed by atoms with van der Waals surface area (Å²) in [7, 11) is -7.08. The first-order chi connectivity index (χ1) is 11.2. The highest BCUT2D eigenvalue weighted by Gasteiger charge is 2.14. The average molecular weight is 362 g/mol. The van der Waals surface area contributed by atoms with Crippen LogP contribution in [-0.2, 0) is 19.7 Å². The number of rotatable bonds is 4. The minimum Gasteiger partial charge on any atom is -0.223 e. The van der Waals surface area contributed by atoms with Crippen LogP contribution in [0.15, 0.2) is 58.3 Å². The quantitative estimate of drug-likeness (QED) is 0.784. The molecule has 0 radical (unpaired) electrons. The van der Waals surface area contributed by atoms with Gasteiger partial charge >= 0.3 is 0 Å². The Morgan fingerprint density at radius 2 is 1.08 bits per heavy atom. The fourth-order valence-electron chi connectivity index (χ4n) is 2.08. The molecule has 0 aliphatic rings. The number of sulfone groups is 2. The van der Waals surface area contributed by atoms with Crippen LogP contribution < -0.4 is 0 Å². The highest BCUT2D eigenvalue weighted by atomic mass is 32.2. The van der Waals surface area contributed by atoms with E-state index in [1.165, 1.54) is 12.1 Å². The van der Waals surface area contributed by atoms with Gasteiger partial charge in [-0.3, -0.25) is 0 Å². The molecule has 0 aromatic heterocycles. The molecule has 2 aromatic carbocycles. The third kappa shape index (κ3) is 4.70. The summed E-state index contributed by atoms with van der Waals surface area (Å²) in [4.78, 5) is 0.386. The molecule has 0 atom stereocenters. The van der Waals surface area contributed by atoms with Crippen LogP contribution in [0.5, 0.6) is 0 Å². The highest BCUT2D eigenvalue weighted by molar-refractivity contribution is 7.92. The van der Waals surface area contributed by atoms with Crippen LogP contribution in [0.4, 0.5) is 0 Å². The van der Waals surface area contributed by atoms with Crippen LogP contribution in [0, 0.1) is 25.7 Å². The highest BCUT2D eigenvalue weighted by Crippen LogP contribution is 2.13. The molecular formula is C18H18O4S2. The van der Waals surface area contributed by atoms with Crippen molar-refractivity contribution in [1.29, 1.82) is 0 Å². The standard InChI is InChI=1S/C18H18O4S2/c1-15-7-5-9-17(13-15)23(19,20)11-3-4-12-24(21,22)18-10-6-8-16(2)14-18/h5-10,13-14H,11-12H2,1-2H3. The number of hydrogen-bond donors (Lipinski definition) is 0. The van der Waals surface area contributed by atoms with Crippen LogP contribution in [0.3, 0.4) is 0 Å². The maximum Gasteiger partial charge on any atom is 0.189 e. The molecule has 0 bridgehead atoms. The largest absolute Gasteiger partial charge is 0.223 e. The van der Waals surface area contributed by atoms with E-state index in [1.54, 1.807) is 50.2 Å². The van der Waals surface area contributed by atoms with Crippen molar-refractivity contribution >= 4 is 19.7 Å². The van der Waals surface area contributed by atoms with Crippen molar-refractivity contribution in [3.8, 4) is 11.8 Å². The van der Waals surface area contributed by atoms with Gasteiger partial charge in [-0.25, -0.2) is 16.8 Å². The molecule has 0 aliphatic carbocycles. The molecular weight excluding hydrogens is 344 g/mol. The summed E-state index contributed by atoms with van der Waals surface area (Å²) in [5, 5.41) is 0. The van der Waals surface area contributed by atoms with E-state index in [9.17, 15) is 16.8 Å².